The van der Waals surface area contributed by atoms with Gasteiger partial charge in [0.25, 0.3) is 15.9 Å². The zero-order chi connectivity index (χ0) is 22.6. The molecule has 0 unspecified atom stereocenters. The van der Waals surface area contributed by atoms with Gasteiger partial charge < -0.3 is 4.74 Å². The summed E-state index contributed by atoms with van der Waals surface area (Å²) < 4.78 is 33.8. The number of nitrogens with one attached hydrogen (secondary N) is 1. The zero-order valence-electron chi connectivity index (χ0n) is 17.4. The van der Waals surface area contributed by atoms with Crippen LogP contribution in [0.5, 0.6) is 5.88 Å². The average Bonchev–Trinajstić information content (AvgIpc) is 3.16. The van der Waals surface area contributed by atoms with Crippen molar-refractivity contribution in [3.63, 3.8) is 0 Å². The van der Waals surface area contributed by atoms with Crippen LogP contribution in [0.2, 0.25) is 30.8 Å². The van der Waals surface area contributed by atoms with E-state index in [-0.39, 0.29) is 15.6 Å². The van der Waals surface area contributed by atoms with Crippen molar-refractivity contribution in [2.45, 2.75) is 30.6 Å². The number of amides is 1. The molecule has 31 heavy (non-hydrogen) atoms. The van der Waals surface area contributed by atoms with Crippen LogP contribution in [0.1, 0.15) is 10.4 Å². The highest BCUT2D eigenvalue weighted by Gasteiger charge is 2.21. The second-order valence-electron chi connectivity index (χ2n) is 8.01. The Morgan fingerprint density at radius 2 is 1.84 bits per heavy atom. The van der Waals surface area contributed by atoms with Crippen LogP contribution in [0.3, 0.4) is 0 Å². The van der Waals surface area contributed by atoms with Crippen molar-refractivity contribution < 1.29 is 17.9 Å². The minimum atomic E-state index is -4.02. The van der Waals surface area contributed by atoms with E-state index in [2.05, 4.69) is 29.7 Å². The highest BCUT2D eigenvalue weighted by Crippen LogP contribution is 2.19. The second-order valence-corrected chi connectivity index (χ2v) is 15.7. The Hall–Kier alpha value is -2.69. The predicted molar refractivity (Wildman–Crippen MR) is 121 cm³/mol. The van der Waals surface area contributed by atoms with Gasteiger partial charge >= 0.3 is 0 Å². The van der Waals surface area contributed by atoms with E-state index in [9.17, 15) is 13.2 Å². The molecule has 1 aromatic carbocycles. The molecule has 8 nitrogen and oxygen atoms in total. The average molecular weight is 479 g/mol. The van der Waals surface area contributed by atoms with E-state index >= 15 is 0 Å². The van der Waals surface area contributed by atoms with Crippen molar-refractivity contribution in [1.82, 2.24) is 19.5 Å². The summed E-state index contributed by atoms with van der Waals surface area (Å²) >= 11 is 6.16. The van der Waals surface area contributed by atoms with Crippen molar-refractivity contribution in [3.05, 3.63) is 65.4 Å². The van der Waals surface area contributed by atoms with Gasteiger partial charge in [0.15, 0.2) is 5.82 Å². The lowest BCUT2D eigenvalue weighted by Crippen LogP contribution is -2.31. The fourth-order valence-corrected chi connectivity index (χ4v) is 4.47. The molecule has 0 radical (unpaired) electrons. The number of carbonyl (C=O) groups excluding carboxylic acids is 1. The number of pyridine rings is 1. The van der Waals surface area contributed by atoms with Gasteiger partial charge in [-0.1, -0.05) is 49.4 Å². The van der Waals surface area contributed by atoms with Gasteiger partial charge in [0.05, 0.1) is 17.1 Å². The smallest absolute Gasteiger partial charge is 0.268 e. The number of sulfonamides is 1. The highest BCUT2D eigenvalue weighted by atomic mass is 35.5. The Balaban J connectivity index is 1.71. The van der Waals surface area contributed by atoms with Gasteiger partial charge in [0.2, 0.25) is 5.88 Å². The molecule has 1 N–H and O–H groups in total. The van der Waals surface area contributed by atoms with Gasteiger partial charge in [-0.3, -0.25) is 4.79 Å². The van der Waals surface area contributed by atoms with E-state index in [1.807, 2.05) is 4.72 Å². The van der Waals surface area contributed by atoms with Crippen molar-refractivity contribution in [2.24, 2.45) is 0 Å². The van der Waals surface area contributed by atoms with E-state index in [0.717, 1.165) is 6.04 Å². The van der Waals surface area contributed by atoms with E-state index in [1.165, 1.54) is 28.9 Å². The summed E-state index contributed by atoms with van der Waals surface area (Å²) in [7, 11) is -5.22. The Labute approximate surface area is 187 Å². The number of carbonyl (C=O) groups is 1. The number of halogens is 1. The molecule has 0 aliphatic heterocycles. The number of hydrogen-bond acceptors (Lipinski definition) is 6. The van der Waals surface area contributed by atoms with Crippen LogP contribution in [0.4, 0.5) is 0 Å². The van der Waals surface area contributed by atoms with Crippen LogP contribution in [-0.4, -0.2) is 43.8 Å². The molecule has 2 aromatic heterocycles. The van der Waals surface area contributed by atoms with Gasteiger partial charge in [-0.05, 0) is 30.3 Å². The number of ether oxygens (including phenoxy) is 1. The summed E-state index contributed by atoms with van der Waals surface area (Å²) in [4.78, 5) is 16.6. The second kappa shape index (κ2) is 9.21. The topological polar surface area (TPSA) is 103 Å². The van der Waals surface area contributed by atoms with Gasteiger partial charge in [0.1, 0.15) is 5.15 Å². The zero-order valence-corrected chi connectivity index (χ0v) is 19.9. The first kappa shape index (κ1) is 23.0. The third-order valence-corrected chi connectivity index (χ3v) is 7.60. The minimum absolute atomic E-state index is 0.0257. The third-order valence-electron chi connectivity index (χ3n) is 4.26. The first-order chi connectivity index (χ1) is 14.5. The number of benzene rings is 1. The Morgan fingerprint density at radius 1 is 1.13 bits per heavy atom. The molecule has 0 aliphatic carbocycles. The molecule has 0 atom stereocenters. The molecule has 3 rings (SSSR count). The number of nitrogens with zero attached hydrogens (tertiary/aromatic N) is 3. The molecular formula is C20H23ClN4O4SSi. The maximum Gasteiger partial charge on any atom is 0.268 e. The Bertz CT molecular complexity index is 1180. The van der Waals surface area contributed by atoms with Crippen molar-refractivity contribution in [3.8, 4) is 11.7 Å². The minimum Gasteiger partial charge on any atom is -0.477 e. The maximum absolute atomic E-state index is 12.5. The first-order valence-electron chi connectivity index (χ1n) is 9.53. The molecule has 2 heterocycles. The summed E-state index contributed by atoms with van der Waals surface area (Å²) in [5.41, 5.74) is -0.0660. The van der Waals surface area contributed by atoms with E-state index < -0.39 is 24.0 Å². The number of aromatic nitrogens is 3. The molecule has 11 heteroatoms. The number of hydrogen-bond donors (Lipinski definition) is 1. The monoisotopic (exact) mass is 478 g/mol. The molecule has 164 valence electrons. The predicted octanol–water partition coefficient (Wildman–Crippen LogP) is 3.76. The summed E-state index contributed by atoms with van der Waals surface area (Å²) in [6, 6.07) is 13.2. The lowest BCUT2D eigenvalue weighted by Gasteiger charge is -2.14. The largest absolute Gasteiger partial charge is 0.477 e. The van der Waals surface area contributed by atoms with E-state index in [1.54, 1.807) is 30.5 Å². The van der Waals surface area contributed by atoms with Crippen LogP contribution >= 0.6 is 11.6 Å². The molecule has 0 saturated carbocycles. The van der Waals surface area contributed by atoms with Gasteiger partial charge in [-0.15, -0.1) is 5.10 Å². The third kappa shape index (κ3) is 6.15. The molecule has 0 saturated heterocycles. The van der Waals surface area contributed by atoms with E-state index in [4.69, 9.17) is 16.3 Å². The molecule has 0 bridgehead atoms. The fourth-order valence-electron chi connectivity index (χ4n) is 2.53. The lowest BCUT2D eigenvalue weighted by molar-refractivity contribution is 0.0981. The van der Waals surface area contributed by atoms with Gasteiger partial charge in [-0.25, -0.2) is 22.8 Å². The summed E-state index contributed by atoms with van der Waals surface area (Å²) in [6.45, 7) is 7.40. The number of rotatable bonds is 8. The van der Waals surface area contributed by atoms with Crippen LogP contribution < -0.4 is 9.46 Å². The van der Waals surface area contributed by atoms with Gasteiger partial charge in [-0.2, -0.15) is 0 Å². The van der Waals surface area contributed by atoms with Gasteiger partial charge in [0, 0.05) is 20.3 Å². The molecule has 0 aliphatic rings. The normalized spacial score (nSPS) is 11.9. The molecule has 1 amide bonds. The Morgan fingerprint density at radius 3 is 2.48 bits per heavy atom. The summed E-state index contributed by atoms with van der Waals surface area (Å²) in [6.07, 6.45) is 1.67. The quantitative estimate of drug-likeness (QED) is 0.390. The first-order valence-corrected chi connectivity index (χ1v) is 15.1. The molecule has 0 spiro atoms. The fraction of sp³-hybridized carbons (Fsp3) is 0.250. The molecular weight excluding hydrogens is 456 g/mol. The van der Waals surface area contributed by atoms with Crippen molar-refractivity contribution >= 4 is 35.6 Å². The van der Waals surface area contributed by atoms with Crippen LogP contribution in [0.15, 0.2) is 59.6 Å². The van der Waals surface area contributed by atoms with Crippen LogP contribution in [0, 0.1) is 0 Å². The standard InChI is InChI=1S/C20H23ClN4O4SSi/c1-31(2,3)14-13-29-18-11-12-25(23-18)17-10-9-16(19(21)22-17)20(26)24-30(27,28)15-7-5-4-6-8-15/h4-12H,13-14H2,1-3H3,(H,24,26). The summed E-state index contributed by atoms with van der Waals surface area (Å²) in [5.74, 6) is -0.0387. The highest BCUT2D eigenvalue weighted by molar-refractivity contribution is 7.90. The summed E-state index contributed by atoms with van der Waals surface area (Å²) in [5, 5.41) is 4.16. The maximum atomic E-state index is 12.5. The van der Waals surface area contributed by atoms with Crippen LogP contribution in [-0.2, 0) is 10.0 Å². The van der Waals surface area contributed by atoms with Crippen molar-refractivity contribution in [2.75, 3.05) is 6.61 Å². The van der Waals surface area contributed by atoms with Crippen molar-refractivity contribution in [1.29, 1.82) is 0 Å². The van der Waals surface area contributed by atoms with E-state index in [0.29, 0.717) is 18.3 Å². The molecule has 3 aromatic rings. The lowest BCUT2D eigenvalue weighted by atomic mass is 10.3. The van der Waals surface area contributed by atoms with Crippen LogP contribution in [0.25, 0.3) is 5.82 Å². The Kier molecular flexibility index (Phi) is 6.82. The molecule has 0 fully saturated rings. The SMILES string of the molecule is C[Si](C)(C)CCOc1ccn(-c2ccc(C(=O)NS(=O)(=O)c3ccccc3)c(Cl)n2)n1.